The molecule has 0 saturated carbocycles. The largest absolute Gasteiger partial charge is 0.444 e. The third-order valence-corrected chi connectivity index (χ3v) is 4.63. The van der Waals surface area contributed by atoms with E-state index >= 15 is 0 Å². The lowest BCUT2D eigenvalue weighted by Gasteiger charge is -2.20. The van der Waals surface area contributed by atoms with Crippen LogP contribution in [-0.4, -0.2) is 58.2 Å². The zero-order valence-corrected chi connectivity index (χ0v) is 16.9. The third-order valence-electron chi connectivity index (χ3n) is 4.63. The van der Waals surface area contributed by atoms with Gasteiger partial charge in [0.2, 0.25) is 11.8 Å². The maximum atomic E-state index is 12.5. The zero-order chi connectivity index (χ0) is 21.0. The molecule has 0 spiro atoms. The third kappa shape index (κ3) is 5.69. The van der Waals surface area contributed by atoms with Crippen LogP contribution in [0.5, 0.6) is 0 Å². The number of benzene rings is 1. The maximum absolute atomic E-state index is 12.5. The number of aromatic nitrogens is 2. The Bertz CT molecular complexity index is 902. The van der Waals surface area contributed by atoms with Gasteiger partial charge in [0.05, 0.1) is 17.6 Å². The van der Waals surface area contributed by atoms with E-state index in [0.29, 0.717) is 25.2 Å². The van der Waals surface area contributed by atoms with Gasteiger partial charge in [0.15, 0.2) is 0 Å². The van der Waals surface area contributed by atoms with Gasteiger partial charge in [-0.2, -0.15) is 5.10 Å². The van der Waals surface area contributed by atoms with E-state index in [2.05, 4.69) is 20.8 Å². The highest BCUT2D eigenvalue weighted by molar-refractivity contribution is 5.95. The number of likely N-dealkylation sites (tertiary alicyclic amines) is 1. The van der Waals surface area contributed by atoms with Crippen LogP contribution in [0.1, 0.15) is 33.6 Å². The van der Waals surface area contributed by atoms with Crippen LogP contribution >= 0.6 is 0 Å². The Morgan fingerprint density at radius 3 is 2.86 bits per heavy atom. The molecule has 1 aliphatic rings. The molecule has 29 heavy (non-hydrogen) atoms. The first-order valence-corrected chi connectivity index (χ1v) is 9.70. The number of anilines is 1. The van der Waals surface area contributed by atoms with Gasteiger partial charge >= 0.3 is 6.09 Å². The van der Waals surface area contributed by atoms with Crippen LogP contribution in [0.15, 0.2) is 24.4 Å². The Kier molecular flexibility index (Phi) is 6.05. The van der Waals surface area contributed by atoms with Crippen molar-refractivity contribution < 1.29 is 19.1 Å². The lowest BCUT2D eigenvalue weighted by Crippen LogP contribution is -2.36. The summed E-state index contributed by atoms with van der Waals surface area (Å²) in [6.45, 7) is 6.45. The van der Waals surface area contributed by atoms with E-state index in [-0.39, 0.29) is 30.7 Å². The summed E-state index contributed by atoms with van der Waals surface area (Å²) in [6.07, 6.45) is 1.95. The molecule has 0 radical (unpaired) electrons. The van der Waals surface area contributed by atoms with Crippen molar-refractivity contribution in [1.82, 2.24) is 20.4 Å². The Balaban J connectivity index is 1.43. The molecule has 0 bridgehead atoms. The molecule has 3 amide bonds. The molecule has 156 valence electrons. The molecule has 1 fully saturated rings. The Labute approximate surface area is 169 Å². The van der Waals surface area contributed by atoms with Crippen LogP contribution in [0, 0.1) is 5.92 Å². The fraction of sp³-hybridized carbons (Fsp3) is 0.500. The van der Waals surface area contributed by atoms with Crippen LogP contribution in [0.25, 0.3) is 10.9 Å². The second-order valence-electron chi connectivity index (χ2n) is 8.17. The summed E-state index contributed by atoms with van der Waals surface area (Å²) in [7, 11) is 0. The first-order chi connectivity index (χ1) is 13.7. The predicted molar refractivity (Wildman–Crippen MR) is 108 cm³/mol. The van der Waals surface area contributed by atoms with Crippen LogP contribution in [0.2, 0.25) is 0 Å². The van der Waals surface area contributed by atoms with Gasteiger partial charge in [-0.3, -0.25) is 14.7 Å². The molecule has 3 N–H and O–H groups in total. The number of ether oxygens (including phenoxy) is 1. The van der Waals surface area contributed by atoms with Crippen LogP contribution in [0.4, 0.5) is 10.5 Å². The number of H-pyrrole nitrogens is 1. The van der Waals surface area contributed by atoms with Gasteiger partial charge < -0.3 is 20.3 Å². The van der Waals surface area contributed by atoms with Crippen LogP contribution in [0.3, 0.4) is 0 Å². The Morgan fingerprint density at radius 1 is 1.31 bits per heavy atom. The summed E-state index contributed by atoms with van der Waals surface area (Å²) >= 11 is 0. The van der Waals surface area contributed by atoms with Crippen molar-refractivity contribution in [3.63, 3.8) is 0 Å². The number of amides is 3. The van der Waals surface area contributed by atoms with Crippen LogP contribution in [-0.2, 0) is 14.3 Å². The summed E-state index contributed by atoms with van der Waals surface area (Å²) in [5, 5.41) is 13.2. The second-order valence-corrected chi connectivity index (χ2v) is 8.17. The average Bonchev–Trinajstić information content (AvgIpc) is 3.29. The lowest BCUT2D eigenvalue weighted by atomic mass is 10.1. The van der Waals surface area contributed by atoms with Gasteiger partial charge in [-0.25, -0.2) is 4.79 Å². The van der Waals surface area contributed by atoms with Crippen LogP contribution < -0.4 is 10.6 Å². The number of fused-ring (bicyclic) bond motifs is 1. The molecule has 1 aromatic carbocycles. The van der Waals surface area contributed by atoms with Gasteiger partial charge in [-0.15, -0.1) is 0 Å². The molecule has 2 aromatic rings. The maximum Gasteiger partial charge on any atom is 0.407 e. The molecule has 2 heterocycles. The summed E-state index contributed by atoms with van der Waals surface area (Å²) < 4.78 is 5.14. The molecule has 1 atom stereocenters. The second kappa shape index (κ2) is 8.50. The number of hydrogen-bond donors (Lipinski definition) is 3. The minimum Gasteiger partial charge on any atom is -0.444 e. The molecule has 1 aliphatic heterocycles. The number of aromatic amines is 1. The van der Waals surface area contributed by atoms with Crippen molar-refractivity contribution in [2.24, 2.45) is 5.92 Å². The fourth-order valence-electron chi connectivity index (χ4n) is 3.21. The molecule has 3 rings (SSSR count). The Hall–Kier alpha value is -3.10. The Morgan fingerprint density at radius 2 is 2.10 bits per heavy atom. The molecule has 1 aromatic heterocycles. The zero-order valence-electron chi connectivity index (χ0n) is 16.9. The number of rotatable bonds is 5. The monoisotopic (exact) mass is 401 g/mol. The SMILES string of the molecule is CC(C)(C)OC(=O)NCCC(=O)N1CCC(C(=O)Nc2ccc3[nH]ncc3c2)C1. The normalized spacial score (nSPS) is 16.7. The lowest BCUT2D eigenvalue weighted by molar-refractivity contribution is -0.130. The number of carbonyl (C=O) groups excluding carboxylic acids is 3. The summed E-state index contributed by atoms with van der Waals surface area (Å²) in [6, 6.07) is 5.54. The molecule has 1 unspecified atom stereocenters. The van der Waals surface area contributed by atoms with E-state index in [9.17, 15) is 14.4 Å². The summed E-state index contributed by atoms with van der Waals surface area (Å²) in [5.41, 5.74) is 1.03. The molecule has 1 saturated heterocycles. The number of hydrogen-bond acceptors (Lipinski definition) is 5. The molecular formula is C20H27N5O4. The number of carbonyl (C=O) groups is 3. The topological polar surface area (TPSA) is 116 Å². The van der Waals surface area contributed by atoms with Gasteiger partial charge in [0.25, 0.3) is 0 Å². The molecule has 9 heteroatoms. The van der Waals surface area contributed by atoms with E-state index in [1.165, 1.54) is 0 Å². The van der Waals surface area contributed by atoms with Gasteiger partial charge in [0.1, 0.15) is 5.60 Å². The first kappa shape index (κ1) is 20.6. The van der Waals surface area contributed by atoms with Gasteiger partial charge in [-0.1, -0.05) is 0 Å². The molecular weight excluding hydrogens is 374 g/mol. The van der Waals surface area contributed by atoms with Gasteiger partial charge in [0, 0.05) is 37.1 Å². The van der Waals surface area contributed by atoms with Gasteiger partial charge in [-0.05, 0) is 45.4 Å². The predicted octanol–water partition coefficient (Wildman–Crippen LogP) is 2.26. The fourth-order valence-corrected chi connectivity index (χ4v) is 3.21. The highest BCUT2D eigenvalue weighted by Crippen LogP contribution is 2.21. The van der Waals surface area contributed by atoms with E-state index in [1.807, 2.05) is 18.2 Å². The smallest absolute Gasteiger partial charge is 0.407 e. The first-order valence-electron chi connectivity index (χ1n) is 9.70. The van der Waals surface area contributed by atoms with Crippen molar-refractivity contribution in [3.05, 3.63) is 24.4 Å². The number of nitrogens with one attached hydrogen (secondary N) is 3. The van der Waals surface area contributed by atoms with Crippen molar-refractivity contribution in [2.45, 2.75) is 39.2 Å². The van der Waals surface area contributed by atoms with E-state index in [1.54, 1.807) is 31.9 Å². The number of alkyl carbamates (subject to hydrolysis) is 1. The molecule has 9 nitrogen and oxygen atoms in total. The standard InChI is InChI=1S/C20H27N5O4/c1-20(2,3)29-19(28)21-8-6-17(26)25-9-7-13(12-25)18(27)23-15-4-5-16-14(10-15)11-22-24-16/h4-5,10-11,13H,6-9,12H2,1-3H3,(H,21,28)(H,22,24)(H,23,27). The molecule has 0 aliphatic carbocycles. The summed E-state index contributed by atoms with van der Waals surface area (Å²) in [5.74, 6) is -0.441. The van der Waals surface area contributed by atoms with E-state index in [4.69, 9.17) is 4.74 Å². The van der Waals surface area contributed by atoms with Crippen molar-refractivity contribution in [3.8, 4) is 0 Å². The highest BCUT2D eigenvalue weighted by atomic mass is 16.6. The van der Waals surface area contributed by atoms with Crippen molar-refractivity contribution in [1.29, 1.82) is 0 Å². The average molecular weight is 401 g/mol. The van der Waals surface area contributed by atoms with E-state index < -0.39 is 11.7 Å². The minimum atomic E-state index is -0.578. The quantitative estimate of drug-likeness (QED) is 0.711. The van der Waals surface area contributed by atoms with Crippen molar-refractivity contribution in [2.75, 3.05) is 25.0 Å². The minimum absolute atomic E-state index is 0.0869. The van der Waals surface area contributed by atoms with Crippen molar-refractivity contribution >= 4 is 34.5 Å². The number of nitrogens with zero attached hydrogens (tertiary/aromatic N) is 2. The van der Waals surface area contributed by atoms with E-state index in [0.717, 1.165) is 10.9 Å². The summed E-state index contributed by atoms with van der Waals surface area (Å²) in [4.78, 5) is 38.2. The highest BCUT2D eigenvalue weighted by Gasteiger charge is 2.31.